The second-order valence-corrected chi connectivity index (χ2v) is 5.08. The van der Waals surface area contributed by atoms with E-state index in [1.807, 2.05) is 60.1 Å². The predicted molar refractivity (Wildman–Crippen MR) is 85.5 cm³/mol. The van der Waals surface area contributed by atoms with Gasteiger partial charge in [0.1, 0.15) is 18.5 Å². The topological polar surface area (TPSA) is 55.7 Å². The maximum absolute atomic E-state index is 10.2. The molecule has 5 nitrogen and oxygen atoms in total. The number of methoxy groups -OCH3 is 2. The molecule has 2 aromatic carbocycles. The smallest absolute Gasteiger partial charge is 0.383 e. The second-order valence-electron chi connectivity index (χ2n) is 5.08. The Morgan fingerprint density at radius 3 is 1.78 bits per heavy atom. The average Bonchev–Trinajstić information content (AvgIpc) is 2.89. The summed E-state index contributed by atoms with van der Waals surface area (Å²) in [6.07, 6.45) is 0. The summed E-state index contributed by atoms with van der Waals surface area (Å²) in [5.41, 5.74) is 2.30. The fourth-order valence-corrected chi connectivity index (χ4v) is 2.51. The molecule has 0 atom stereocenters. The summed E-state index contributed by atoms with van der Waals surface area (Å²) in [5.74, 6) is 1.97. The van der Waals surface area contributed by atoms with Crippen LogP contribution in [-0.2, 0) is 7.05 Å². The van der Waals surface area contributed by atoms with Crippen molar-refractivity contribution in [3.05, 3.63) is 48.5 Å². The van der Waals surface area contributed by atoms with Crippen LogP contribution in [0.4, 0.5) is 0 Å². The van der Waals surface area contributed by atoms with Crippen LogP contribution in [0.1, 0.15) is 0 Å². The Bertz CT molecular complexity index is 804. The zero-order chi connectivity index (χ0) is 16.4. The Morgan fingerprint density at radius 2 is 1.30 bits per heavy atom. The third kappa shape index (κ3) is 2.73. The van der Waals surface area contributed by atoms with Crippen molar-refractivity contribution in [3.63, 3.8) is 0 Å². The molecule has 0 saturated carbocycles. The summed E-state index contributed by atoms with van der Waals surface area (Å²) in [7, 11) is 5.09. The van der Waals surface area contributed by atoms with Gasteiger partial charge in [-0.3, -0.25) is 0 Å². The van der Waals surface area contributed by atoms with Crippen LogP contribution in [0, 0.1) is 0 Å². The van der Waals surface area contributed by atoms with Crippen molar-refractivity contribution in [2.24, 2.45) is 7.05 Å². The van der Waals surface area contributed by atoms with Crippen LogP contribution in [0.25, 0.3) is 22.7 Å². The Hall–Kier alpha value is -2.95. The highest BCUT2D eigenvalue weighted by Gasteiger charge is 2.28. The number of aromatic hydroxyl groups is 1. The standard InChI is InChI=1S/C18H17NO4/c1-19-16(12-4-8-14(21-2)9-5-12)18(20)23-17(19)13-6-10-15(22-3)11-7-13/h4-11H,1-3H3/p+1. The molecule has 0 amide bonds. The minimum Gasteiger partial charge on any atom is -0.497 e. The Kier molecular flexibility index (Phi) is 3.93. The first-order valence-electron chi connectivity index (χ1n) is 7.14. The van der Waals surface area contributed by atoms with Gasteiger partial charge < -0.3 is 19.0 Å². The molecule has 3 aromatic rings. The number of aromatic nitrogens is 1. The molecule has 0 aliphatic rings. The zero-order valence-corrected chi connectivity index (χ0v) is 13.2. The summed E-state index contributed by atoms with van der Waals surface area (Å²) in [6.45, 7) is 0. The van der Waals surface area contributed by atoms with Crippen molar-refractivity contribution < 1.29 is 23.6 Å². The second kappa shape index (κ2) is 6.04. The van der Waals surface area contributed by atoms with Crippen LogP contribution in [0.15, 0.2) is 52.9 Å². The highest BCUT2D eigenvalue weighted by molar-refractivity contribution is 5.64. The van der Waals surface area contributed by atoms with Crippen molar-refractivity contribution >= 4 is 0 Å². The molecule has 1 N–H and O–H groups in total. The predicted octanol–water partition coefficient (Wildman–Crippen LogP) is 3.16. The van der Waals surface area contributed by atoms with Crippen LogP contribution < -0.4 is 14.0 Å². The molecule has 5 heteroatoms. The monoisotopic (exact) mass is 312 g/mol. The molecule has 0 saturated heterocycles. The van der Waals surface area contributed by atoms with Gasteiger partial charge in [-0.2, -0.15) is 4.57 Å². The average molecular weight is 312 g/mol. The van der Waals surface area contributed by atoms with Gasteiger partial charge in [0, 0.05) is 0 Å². The normalized spacial score (nSPS) is 10.6. The van der Waals surface area contributed by atoms with E-state index in [0.717, 1.165) is 22.6 Å². The number of hydrogen-bond donors (Lipinski definition) is 1. The number of ether oxygens (including phenoxy) is 2. The lowest BCUT2D eigenvalue weighted by atomic mass is 10.1. The Labute approximate surface area is 134 Å². The zero-order valence-electron chi connectivity index (χ0n) is 13.2. The van der Waals surface area contributed by atoms with E-state index >= 15 is 0 Å². The summed E-state index contributed by atoms with van der Waals surface area (Å²) >= 11 is 0. The summed E-state index contributed by atoms with van der Waals surface area (Å²) < 4.78 is 17.7. The van der Waals surface area contributed by atoms with Crippen LogP contribution >= 0.6 is 0 Å². The molecule has 0 fully saturated rings. The van der Waals surface area contributed by atoms with Gasteiger partial charge in [-0.1, -0.05) is 0 Å². The Morgan fingerprint density at radius 1 is 0.826 bits per heavy atom. The van der Waals surface area contributed by atoms with Crippen LogP contribution in [0.5, 0.6) is 17.4 Å². The minimum absolute atomic E-state index is 0.122. The van der Waals surface area contributed by atoms with E-state index in [4.69, 9.17) is 13.9 Å². The van der Waals surface area contributed by atoms with Gasteiger partial charge >= 0.3 is 11.8 Å². The van der Waals surface area contributed by atoms with Gasteiger partial charge in [-0.15, -0.1) is 0 Å². The Balaban J connectivity index is 2.04. The van der Waals surface area contributed by atoms with E-state index in [1.165, 1.54) is 0 Å². The molecule has 0 spiro atoms. The number of nitrogens with zero attached hydrogens (tertiary/aromatic N) is 1. The van der Waals surface area contributed by atoms with Gasteiger partial charge in [-0.05, 0) is 48.5 Å². The van der Waals surface area contributed by atoms with Gasteiger partial charge in [0.15, 0.2) is 0 Å². The molecule has 0 aliphatic heterocycles. The highest BCUT2D eigenvalue weighted by Crippen LogP contribution is 2.32. The maximum atomic E-state index is 10.2. The lowest BCUT2D eigenvalue weighted by Crippen LogP contribution is -2.30. The molecule has 0 aliphatic carbocycles. The molecule has 0 unspecified atom stereocenters. The van der Waals surface area contributed by atoms with Crippen LogP contribution in [0.3, 0.4) is 0 Å². The maximum Gasteiger partial charge on any atom is 0.383 e. The number of oxazole rings is 1. The molecule has 118 valence electrons. The molecular weight excluding hydrogens is 294 g/mol. The minimum atomic E-state index is -0.122. The third-order valence-electron chi connectivity index (χ3n) is 3.74. The SMILES string of the molecule is COc1ccc(-c2oc(O)c(-c3ccc(OC)cc3)[n+]2C)cc1. The van der Waals surface area contributed by atoms with Crippen LogP contribution in [-0.4, -0.2) is 19.3 Å². The van der Waals surface area contributed by atoms with E-state index in [9.17, 15) is 5.11 Å². The van der Waals surface area contributed by atoms with E-state index < -0.39 is 0 Å². The van der Waals surface area contributed by atoms with Crippen molar-refractivity contribution in [3.8, 4) is 40.2 Å². The van der Waals surface area contributed by atoms with Gasteiger partial charge in [0.25, 0.3) is 5.69 Å². The first-order valence-corrected chi connectivity index (χ1v) is 7.14. The van der Waals surface area contributed by atoms with Gasteiger partial charge in [0.2, 0.25) is 0 Å². The van der Waals surface area contributed by atoms with E-state index in [1.54, 1.807) is 14.2 Å². The molecule has 3 rings (SSSR count). The van der Waals surface area contributed by atoms with E-state index in [2.05, 4.69) is 0 Å². The van der Waals surface area contributed by atoms with E-state index in [0.29, 0.717) is 11.6 Å². The summed E-state index contributed by atoms with van der Waals surface area (Å²) in [4.78, 5) is 0. The molecule has 0 bridgehead atoms. The lowest BCUT2D eigenvalue weighted by molar-refractivity contribution is -0.652. The molecular formula is C18H18NO4+. The lowest BCUT2D eigenvalue weighted by Gasteiger charge is -2.00. The number of hydrogen-bond acceptors (Lipinski definition) is 4. The summed E-state index contributed by atoms with van der Waals surface area (Å²) in [5, 5.41) is 10.2. The fourth-order valence-electron chi connectivity index (χ4n) is 2.51. The summed E-state index contributed by atoms with van der Waals surface area (Å²) in [6, 6.07) is 14.9. The number of rotatable bonds is 4. The fraction of sp³-hybridized carbons (Fsp3) is 0.167. The van der Waals surface area contributed by atoms with E-state index in [-0.39, 0.29) is 5.95 Å². The molecule has 0 radical (unpaired) electrons. The third-order valence-corrected chi connectivity index (χ3v) is 3.74. The highest BCUT2D eigenvalue weighted by atomic mass is 16.5. The van der Waals surface area contributed by atoms with Gasteiger partial charge in [-0.25, -0.2) is 0 Å². The van der Waals surface area contributed by atoms with Gasteiger partial charge in [0.05, 0.1) is 25.3 Å². The first kappa shape index (κ1) is 15.0. The largest absolute Gasteiger partial charge is 0.497 e. The first-order chi connectivity index (χ1) is 11.1. The van der Waals surface area contributed by atoms with Crippen molar-refractivity contribution in [2.75, 3.05) is 14.2 Å². The van der Waals surface area contributed by atoms with Crippen molar-refractivity contribution in [1.29, 1.82) is 0 Å². The molecule has 1 aromatic heterocycles. The van der Waals surface area contributed by atoms with Crippen molar-refractivity contribution in [2.45, 2.75) is 0 Å². The molecule has 23 heavy (non-hydrogen) atoms. The van der Waals surface area contributed by atoms with Crippen molar-refractivity contribution in [1.82, 2.24) is 0 Å². The number of benzene rings is 2. The van der Waals surface area contributed by atoms with Crippen LogP contribution in [0.2, 0.25) is 0 Å². The molecule has 1 heterocycles. The quantitative estimate of drug-likeness (QED) is 0.752.